The van der Waals surface area contributed by atoms with Crippen molar-refractivity contribution in [2.45, 2.75) is 32.1 Å². The molecular weight excluding hydrogens is 244 g/mol. The predicted molar refractivity (Wildman–Crippen MR) is 67.5 cm³/mol. The highest BCUT2D eigenvalue weighted by atomic mass is 32.2. The molecule has 0 saturated carbocycles. The van der Waals surface area contributed by atoms with E-state index in [-0.39, 0.29) is 5.75 Å². The molecule has 0 fully saturated rings. The molecule has 0 bridgehead atoms. The number of nitrogens with zero attached hydrogens (tertiary/aromatic N) is 1. The van der Waals surface area contributed by atoms with E-state index in [1.54, 1.807) is 0 Å². The van der Waals surface area contributed by atoms with Gasteiger partial charge in [-0.25, -0.2) is 13.4 Å². The summed E-state index contributed by atoms with van der Waals surface area (Å²) in [6.07, 6.45) is 1.24. The Balaban J connectivity index is 3.01. The fourth-order valence-electron chi connectivity index (χ4n) is 1.44. The lowest BCUT2D eigenvalue weighted by Crippen LogP contribution is -2.06. The van der Waals surface area contributed by atoms with Gasteiger partial charge in [-0.15, -0.1) is 11.3 Å². The molecule has 92 valence electrons. The number of thiazole rings is 1. The van der Waals surface area contributed by atoms with Gasteiger partial charge in [0.2, 0.25) is 0 Å². The summed E-state index contributed by atoms with van der Waals surface area (Å²) in [6.45, 7) is 4.88. The standard InChI is InChI=1S/C10H18N2O2S2/c1-7(2)10-8(5-11-3)15-9(12-10)6-16(4,13)14/h7,11H,5-6H2,1-4H3. The summed E-state index contributed by atoms with van der Waals surface area (Å²) in [5, 5.41) is 3.77. The predicted octanol–water partition coefficient (Wildman–Crippen LogP) is 1.53. The highest BCUT2D eigenvalue weighted by Gasteiger charge is 2.16. The van der Waals surface area contributed by atoms with Crippen molar-refractivity contribution < 1.29 is 8.42 Å². The van der Waals surface area contributed by atoms with Crippen molar-refractivity contribution in [3.05, 3.63) is 15.6 Å². The molecule has 0 radical (unpaired) electrons. The molecule has 1 rings (SSSR count). The van der Waals surface area contributed by atoms with Crippen LogP contribution in [0.25, 0.3) is 0 Å². The Bertz CT molecular complexity index is 449. The summed E-state index contributed by atoms with van der Waals surface area (Å²) < 4.78 is 22.4. The summed E-state index contributed by atoms with van der Waals surface area (Å²) in [5.74, 6) is 0.370. The topological polar surface area (TPSA) is 59.1 Å². The molecule has 0 aromatic carbocycles. The van der Waals surface area contributed by atoms with E-state index in [9.17, 15) is 8.42 Å². The van der Waals surface area contributed by atoms with Gasteiger partial charge in [-0.3, -0.25) is 0 Å². The Morgan fingerprint density at radius 1 is 1.44 bits per heavy atom. The van der Waals surface area contributed by atoms with E-state index in [4.69, 9.17) is 0 Å². The van der Waals surface area contributed by atoms with Crippen LogP contribution in [0.1, 0.15) is 35.3 Å². The molecule has 0 saturated heterocycles. The minimum absolute atomic E-state index is 0.0428. The molecule has 0 unspecified atom stereocenters. The number of hydrogen-bond acceptors (Lipinski definition) is 5. The van der Waals surface area contributed by atoms with E-state index in [0.717, 1.165) is 17.1 Å². The first-order valence-corrected chi connectivity index (χ1v) is 8.02. The second-order valence-electron chi connectivity index (χ2n) is 4.17. The highest BCUT2D eigenvalue weighted by Crippen LogP contribution is 2.26. The second-order valence-corrected chi connectivity index (χ2v) is 7.48. The van der Waals surface area contributed by atoms with Gasteiger partial charge in [-0.2, -0.15) is 0 Å². The average Bonchev–Trinajstić information content (AvgIpc) is 2.45. The Kier molecular flexibility index (Phi) is 4.46. The average molecular weight is 262 g/mol. The summed E-state index contributed by atoms with van der Waals surface area (Å²) in [7, 11) is -1.12. The van der Waals surface area contributed by atoms with E-state index in [1.807, 2.05) is 7.05 Å². The Morgan fingerprint density at radius 2 is 2.06 bits per heavy atom. The smallest absolute Gasteiger partial charge is 0.153 e. The molecule has 0 atom stereocenters. The Labute approximate surface area is 101 Å². The van der Waals surface area contributed by atoms with Crippen molar-refractivity contribution in [2.75, 3.05) is 13.3 Å². The van der Waals surface area contributed by atoms with E-state index in [1.165, 1.54) is 17.6 Å². The van der Waals surface area contributed by atoms with Crippen LogP contribution >= 0.6 is 11.3 Å². The van der Waals surface area contributed by atoms with Crippen LogP contribution in [0, 0.1) is 0 Å². The monoisotopic (exact) mass is 262 g/mol. The number of sulfone groups is 1. The second kappa shape index (κ2) is 5.25. The van der Waals surface area contributed by atoms with E-state index >= 15 is 0 Å². The van der Waals surface area contributed by atoms with Gasteiger partial charge in [-0.1, -0.05) is 13.8 Å². The molecule has 0 aliphatic heterocycles. The lowest BCUT2D eigenvalue weighted by molar-refractivity contribution is 0.601. The van der Waals surface area contributed by atoms with Gasteiger partial charge >= 0.3 is 0 Å². The van der Waals surface area contributed by atoms with Gasteiger partial charge in [-0.05, 0) is 13.0 Å². The van der Waals surface area contributed by atoms with Gasteiger partial charge in [0.1, 0.15) is 10.8 Å². The van der Waals surface area contributed by atoms with Crippen LogP contribution in [-0.2, 0) is 22.1 Å². The largest absolute Gasteiger partial charge is 0.315 e. The van der Waals surface area contributed by atoms with Gasteiger partial charge in [0.25, 0.3) is 0 Å². The zero-order valence-corrected chi connectivity index (χ0v) is 11.7. The van der Waals surface area contributed by atoms with Crippen LogP contribution < -0.4 is 5.32 Å². The van der Waals surface area contributed by atoms with Crippen LogP contribution in [0.4, 0.5) is 0 Å². The molecule has 1 aromatic heterocycles. The van der Waals surface area contributed by atoms with E-state index in [0.29, 0.717) is 10.9 Å². The summed E-state index contributed by atoms with van der Waals surface area (Å²) in [6, 6.07) is 0. The quantitative estimate of drug-likeness (QED) is 0.874. The number of nitrogens with one attached hydrogen (secondary N) is 1. The SMILES string of the molecule is CNCc1sc(CS(C)(=O)=O)nc1C(C)C. The third-order valence-corrected chi connectivity index (χ3v) is 4.09. The van der Waals surface area contributed by atoms with Gasteiger partial charge in [0.15, 0.2) is 9.84 Å². The lowest BCUT2D eigenvalue weighted by atomic mass is 10.1. The van der Waals surface area contributed by atoms with Crippen LogP contribution in [0.2, 0.25) is 0 Å². The maximum atomic E-state index is 11.2. The highest BCUT2D eigenvalue weighted by molar-refractivity contribution is 7.90. The normalized spacial score (nSPS) is 12.3. The van der Waals surface area contributed by atoms with Crippen LogP contribution in [-0.4, -0.2) is 26.7 Å². The molecule has 0 amide bonds. The minimum atomic E-state index is -2.99. The molecule has 0 aliphatic carbocycles. The van der Waals surface area contributed by atoms with Gasteiger partial charge < -0.3 is 5.32 Å². The minimum Gasteiger partial charge on any atom is -0.315 e. The number of rotatable bonds is 5. The molecule has 16 heavy (non-hydrogen) atoms. The van der Waals surface area contributed by atoms with Crippen molar-refractivity contribution in [3.8, 4) is 0 Å². The Morgan fingerprint density at radius 3 is 2.50 bits per heavy atom. The zero-order chi connectivity index (χ0) is 12.3. The third kappa shape index (κ3) is 3.84. The molecular formula is C10H18N2O2S2. The van der Waals surface area contributed by atoms with E-state index in [2.05, 4.69) is 24.1 Å². The van der Waals surface area contributed by atoms with Crippen LogP contribution in [0.15, 0.2) is 0 Å². The van der Waals surface area contributed by atoms with Crippen molar-refractivity contribution in [3.63, 3.8) is 0 Å². The number of aromatic nitrogens is 1. The van der Waals surface area contributed by atoms with Crippen molar-refractivity contribution in [1.29, 1.82) is 0 Å². The summed E-state index contributed by atoms with van der Waals surface area (Å²) >= 11 is 1.49. The van der Waals surface area contributed by atoms with Gasteiger partial charge in [0, 0.05) is 17.7 Å². The zero-order valence-electron chi connectivity index (χ0n) is 10.1. The first-order valence-electron chi connectivity index (χ1n) is 5.14. The van der Waals surface area contributed by atoms with Crippen LogP contribution in [0.3, 0.4) is 0 Å². The summed E-state index contributed by atoms with van der Waals surface area (Å²) in [4.78, 5) is 5.55. The van der Waals surface area contributed by atoms with Gasteiger partial charge in [0.05, 0.1) is 5.69 Å². The van der Waals surface area contributed by atoms with E-state index < -0.39 is 9.84 Å². The molecule has 1 heterocycles. The molecule has 0 aliphatic rings. The lowest BCUT2D eigenvalue weighted by Gasteiger charge is -2.03. The fraction of sp³-hybridized carbons (Fsp3) is 0.700. The van der Waals surface area contributed by atoms with Crippen molar-refractivity contribution in [2.24, 2.45) is 0 Å². The molecule has 4 nitrogen and oxygen atoms in total. The molecule has 1 N–H and O–H groups in total. The van der Waals surface area contributed by atoms with Crippen molar-refractivity contribution >= 4 is 21.2 Å². The Hall–Kier alpha value is -0.460. The van der Waals surface area contributed by atoms with Crippen molar-refractivity contribution in [1.82, 2.24) is 10.3 Å². The molecule has 0 spiro atoms. The first kappa shape index (κ1) is 13.6. The fourth-order valence-corrected chi connectivity index (χ4v) is 3.86. The maximum absolute atomic E-state index is 11.2. The van der Waals surface area contributed by atoms with Crippen LogP contribution in [0.5, 0.6) is 0 Å². The third-order valence-electron chi connectivity index (χ3n) is 2.04. The maximum Gasteiger partial charge on any atom is 0.153 e. The molecule has 6 heteroatoms. The summed E-state index contributed by atoms with van der Waals surface area (Å²) in [5.41, 5.74) is 1.01. The number of hydrogen-bond donors (Lipinski definition) is 1. The molecule has 1 aromatic rings. The first-order chi connectivity index (χ1) is 7.33.